The zero-order chi connectivity index (χ0) is 22.5. The molecule has 0 bridgehead atoms. The van der Waals surface area contributed by atoms with Crippen molar-refractivity contribution in [3.05, 3.63) is 81.8 Å². The molecule has 1 atom stereocenters. The summed E-state index contributed by atoms with van der Waals surface area (Å²) in [7, 11) is 0. The van der Waals surface area contributed by atoms with Crippen LogP contribution in [0.4, 0.5) is 10.1 Å². The van der Waals surface area contributed by atoms with Crippen molar-refractivity contribution in [2.24, 2.45) is 0 Å². The van der Waals surface area contributed by atoms with Crippen molar-refractivity contribution in [2.45, 2.75) is 39.2 Å². The Bertz CT molecular complexity index is 979. The fraction of sp³-hybridized carbons (Fsp3) is 0.407. The molecular weight excluding hydrogens is 419 g/mol. The van der Waals surface area contributed by atoms with E-state index in [9.17, 15) is 4.39 Å². The van der Waals surface area contributed by atoms with Gasteiger partial charge in [0.15, 0.2) is 0 Å². The third-order valence-electron chi connectivity index (χ3n) is 6.27. The predicted octanol–water partition coefficient (Wildman–Crippen LogP) is 6.65. The Morgan fingerprint density at radius 3 is 2.38 bits per heavy atom. The Morgan fingerprint density at radius 1 is 1.00 bits per heavy atom. The smallest absolute Gasteiger partial charge is 0.134 e. The summed E-state index contributed by atoms with van der Waals surface area (Å²) >= 11 is 1.77. The summed E-state index contributed by atoms with van der Waals surface area (Å²) in [6.07, 6.45) is 1.02. The van der Waals surface area contributed by atoms with Crippen molar-refractivity contribution in [3.63, 3.8) is 0 Å². The molecule has 2 aromatic carbocycles. The Kier molecular flexibility index (Phi) is 7.48. The molecule has 0 radical (unpaired) electrons. The molecule has 1 fully saturated rings. The first-order valence-corrected chi connectivity index (χ1v) is 12.4. The molecular formula is C27H33FN2OS. The Hall–Kier alpha value is -2.37. The number of nitrogens with zero attached hydrogens (tertiary/aromatic N) is 2. The van der Waals surface area contributed by atoms with Gasteiger partial charge in [0.05, 0.1) is 0 Å². The first-order chi connectivity index (χ1) is 15.5. The van der Waals surface area contributed by atoms with Crippen LogP contribution in [-0.2, 0) is 0 Å². The van der Waals surface area contributed by atoms with Crippen molar-refractivity contribution in [1.29, 1.82) is 0 Å². The summed E-state index contributed by atoms with van der Waals surface area (Å²) in [4.78, 5) is 6.12. The van der Waals surface area contributed by atoms with E-state index in [1.165, 1.54) is 16.0 Å². The van der Waals surface area contributed by atoms with Gasteiger partial charge in [-0.2, -0.15) is 0 Å². The maximum absolute atomic E-state index is 13.2. The third kappa shape index (κ3) is 5.70. The van der Waals surface area contributed by atoms with Crippen LogP contribution in [-0.4, -0.2) is 37.6 Å². The van der Waals surface area contributed by atoms with Crippen LogP contribution in [0.5, 0.6) is 5.75 Å². The second-order valence-electron chi connectivity index (χ2n) is 8.89. The summed E-state index contributed by atoms with van der Waals surface area (Å²) in [5.41, 5.74) is 3.77. The van der Waals surface area contributed by atoms with Gasteiger partial charge in [0, 0.05) is 49.7 Å². The van der Waals surface area contributed by atoms with Gasteiger partial charge in [-0.15, -0.1) is 11.3 Å². The number of hydrogen-bond donors (Lipinski definition) is 0. The number of thiophene rings is 1. The van der Waals surface area contributed by atoms with Crippen molar-refractivity contribution in [1.82, 2.24) is 4.90 Å². The number of piperazine rings is 1. The topological polar surface area (TPSA) is 15.7 Å². The number of rotatable bonds is 8. The van der Waals surface area contributed by atoms with Gasteiger partial charge in [-0.3, -0.25) is 4.90 Å². The fourth-order valence-corrected chi connectivity index (χ4v) is 5.24. The lowest BCUT2D eigenvalue weighted by Crippen LogP contribution is -2.46. The molecule has 1 aromatic heterocycles. The third-order valence-corrected chi connectivity index (χ3v) is 7.24. The first-order valence-electron chi connectivity index (χ1n) is 11.5. The van der Waals surface area contributed by atoms with Crippen LogP contribution in [0.3, 0.4) is 0 Å². The van der Waals surface area contributed by atoms with E-state index in [2.05, 4.69) is 66.3 Å². The molecule has 0 spiro atoms. The lowest BCUT2D eigenvalue weighted by Gasteiger charge is -2.36. The van der Waals surface area contributed by atoms with Crippen LogP contribution in [0.25, 0.3) is 0 Å². The summed E-state index contributed by atoms with van der Waals surface area (Å²) in [6, 6.07) is 17.6. The fourth-order valence-electron chi connectivity index (χ4n) is 4.45. The summed E-state index contributed by atoms with van der Waals surface area (Å²) in [5, 5.41) is 2.13. The molecule has 4 rings (SSSR count). The molecule has 32 heavy (non-hydrogen) atoms. The molecule has 0 saturated carbocycles. The van der Waals surface area contributed by atoms with Crippen molar-refractivity contribution in [2.75, 3.05) is 37.6 Å². The zero-order valence-corrected chi connectivity index (χ0v) is 20.1. The molecule has 1 saturated heterocycles. The highest BCUT2D eigenvalue weighted by atomic mass is 32.1. The summed E-state index contributed by atoms with van der Waals surface area (Å²) in [6.45, 7) is 11.6. The molecule has 5 heteroatoms. The van der Waals surface area contributed by atoms with E-state index in [0.29, 0.717) is 5.92 Å². The lowest BCUT2D eigenvalue weighted by atomic mass is 9.98. The maximum Gasteiger partial charge on any atom is 0.134 e. The van der Waals surface area contributed by atoms with Crippen molar-refractivity contribution in [3.8, 4) is 5.75 Å². The van der Waals surface area contributed by atoms with Gasteiger partial charge >= 0.3 is 0 Å². The molecule has 1 aliphatic heterocycles. The van der Waals surface area contributed by atoms with Gasteiger partial charge in [-0.05, 0) is 71.8 Å². The Labute approximate surface area is 195 Å². The Balaban J connectivity index is 1.35. The van der Waals surface area contributed by atoms with E-state index < -0.39 is 0 Å². The predicted molar refractivity (Wildman–Crippen MR) is 133 cm³/mol. The minimum Gasteiger partial charge on any atom is -0.485 e. The number of halogens is 1. The molecule has 3 nitrogen and oxygen atoms in total. The van der Waals surface area contributed by atoms with Crippen LogP contribution < -0.4 is 9.64 Å². The SMILES string of the molecule is Cc1cc(O[C@H](CCN2CCN(c3ccc(F)cc3)CC2)c2cccs2)ccc1C(C)C. The highest BCUT2D eigenvalue weighted by Crippen LogP contribution is 2.31. The highest BCUT2D eigenvalue weighted by Gasteiger charge is 2.21. The number of benzene rings is 2. The van der Waals surface area contributed by atoms with Gasteiger partial charge < -0.3 is 9.64 Å². The first kappa shape index (κ1) is 22.8. The average molecular weight is 453 g/mol. The van der Waals surface area contributed by atoms with Gasteiger partial charge in [-0.1, -0.05) is 26.0 Å². The van der Waals surface area contributed by atoms with E-state index in [4.69, 9.17) is 4.74 Å². The number of hydrogen-bond acceptors (Lipinski definition) is 4. The second kappa shape index (κ2) is 10.5. The van der Waals surface area contributed by atoms with E-state index in [-0.39, 0.29) is 11.9 Å². The number of aryl methyl sites for hydroxylation is 1. The standard InChI is InChI=1S/C27H33FN2OS/c1-20(2)25-11-10-24(19-21(25)3)31-26(27-5-4-18-32-27)12-13-29-14-16-30(17-15-29)23-8-6-22(28)7-9-23/h4-11,18-20,26H,12-17H2,1-3H3/t26-/m1/s1. The molecule has 0 unspecified atom stereocenters. The summed E-state index contributed by atoms with van der Waals surface area (Å²) < 4.78 is 19.7. The summed E-state index contributed by atoms with van der Waals surface area (Å²) in [5.74, 6) is 1.29. The van der Waals surface area contributed by atoms with E-state index >= 15 is 0 Å². The minimum absolute atomic E-state index is 0.0643. The minimum atomic E-state index is -0.180. The molecule has 2 heterocycles. The quantitative estimate of drug-likeness (QED) is 0.380. The van der Waals surface area contributed by atoms with Gasteiger partial charge in [0.1, 0.15) is 17.7 Å². The van der Waals surface area contributed by atoms with E-state index in [1.54, 1.807) is 23.5 Å². The molecule has 1 aliphatic rings. The monoisotopic (exact) mass is 452 g/mol. The van der Waals surface area contributed by atoms with Crippen LogP contribution in [0, 0.1) is 12.7 Å². The largest absolute Gasteiger partial charge is 0.485 e. The molecule has 170 valence electrons. The van der Waals surface area contributed by atoms with Gasteiger partial charge in [0.25, 0.3) is 0 Å². The Morgan fingerprint density at radius 2 is 1.75 bits per heavy atom. The number of anilines is 1. The second-order valence-corrected chi connectivity index (χ2v) is 9.87. The zero-order valence-electron chi connectivity index (χ0n) is 19.3. The van der Waals surface area contributed by atoms with Crippen molar-refractivity contribution >= 4 is 17.0 Å². The average Bonchev–Trinajstić information content (AvgIpc) is 3.32. The maximum atomic E-state index is 13.2. The van der Waals surface area contributed by atoms with E-state index in [0.717, 1.165) is 50.6 Å². The number of ether oxygens (including phenoxy) is 1. The van der Waals surface area contributed by atoms with Crippen LogP contribution in [0.2, 0.25) is 0 Å². The lowest BCUT2D eigenvalue weighted by molar-refractivity contribution is 0.162. The van der Waals surface area contributed by atoms with Crippen LogP contribution in [0.15, 0.2) is 60.0 Å². The highest BCUT2D eigenvalue weighted by molar-refractivity contribution is 7.10. The van der Waals surface area contributed by atoms with Crippen LogP contribution in [0.1, 0.15) is 48.3 Å². The van der Waals surface area contributed by atoms with Crippen molar-refractivity contribution < 1.29 is 9.13 Å². The van der Waals surface area contributed by atoms with E-state index in [1.807, 2.05) is 12.1 Å². The van der Waals surface area contributed by atoms with Gasteiger partial charge in [0.2, 0.25) is 0 Å². The molecule has 0 amide bonds. The molecule has 0 N–H and O–H groups in total. The molecule has 3 aromatic rings. The van der Waals surface area contributed by atoms with Gasteiger partial charge in [-0.25, -0.2) is 4.39 Å². The normalized spacial score (nSPS) is 15.8. The van der Waals surface area contributed by atoms with Crippen LogP contribution >= 0.6 is 11.3 Å². The molecule has 0 aliphatic carbocycles.